The average molecular weight is 216 g/mol. The molecule has 0 amide bonds. The Morgan fingerprint density at radius 3 is 2.50 bits per heavy atom. The fraction of sp³-hybridized carbons (Fsp3) is 0.455. The Labute approximate surface area is 91.9 Å². The second kappa shape index (κ2) is 5.89. The van der Waals surface area contributed by atoms with Gasteiger partial charge in [0.25, 0.3) is 0 Å². The summed E-state index contributed by atoms with van der Waals surface area (Å²) in [6.07, 6.45) is 0.921. The van der Waals surface area contributed by atoms with Crippen LogP contribution in [0.25, 0.3) is 0 Å². The van der Waals surface area contributed by atoms with E-state index >= 15 is 0 Å². The molecule has 0 radical (unpaired) electrons. The first kappa shape index (κ1) is 13.3. The molecule has 1 aromatic carbocycles. The van der Waals surface area contributed by atoms with Crippen molar-refractivity contribution in [3.63, 3.8) is 0 Å². The summed E-state index contributed by atoms with van der Waals surface area (Å²) in [6.45, 7) is 4.06. The van der Waals surface area contributed by atoms with Gasteiger partial charge < -0.3 is 10.5 Å². The molecule has 0 aromatic heterocycles. The van der Waals surface area contributed by atoms with Crippen LogP contribution in [0.1, 0.15) is 18.1 Å². The molecule has 1 unspecified atom stereocenters. The Morgan fingerprint density at radius 1 is 1.43 bits per heavy atom. The van der Waals surface area contributed by atoms with E-state index in [9.17, 15) is 0 Å². The Morgan fingerprint density at radius 2 is 2.07 bits per heavy atom. The molecule has 0 aliphatic rings. The number of benzene rings is 1. The SMILES string of the molecule is COc1ccc(CC(C)N)cc1C.Cl. The lowest BCUT2D eigenvalue weighted by Crippen LogP contribution is -2.17. The molecule has 2 nitrogen and oxygen atoms in total. The molecule has 1 atom stereocenters. The summed E-state index contributed by atoms with van der Waals surface area (Å²) in [6, 6.07) is 6.40. The number of rotatable bonds is 3. The zero-order valence-electron chi connectivity index (χ0n) is 8.91. The molecule has 0 bridgehead atoms. The molecule has 14 heavy (non-hydrogen) atoms. The van der Waals surface area contributed by atoms with Gasteiger partial charge in [-0.3, -0.25) is 0 Å². The molecular formula is C11H18ClNO. The zero-order valence-corrected chi connectivity index (χ0v) is 9.73. The predicted octanol–water partition coefficient (Wildman–Crippen LogP) is 2.32. The third kappa shape index (κ3) is 3.56. The van der Waals surface area contributed by atoms with Crippen molar-refractivity contribution in [2.24, 2.45) is 5.73 Å². The van der Waals surface area contributed by atoms with Crippen LogP contribution in [-0.4, -0.2) is 13.2 Å². The molecule has 0 saturated carbocycles. The highest BCUT2D eigenvalue weighted by Gasteiger charge is 2.01. The third-order valence-corrected chi connectivity index (χ3v) is 2.02. The maximum atomic E-state index is 5.71. The van der Waals surface area contributed by atoms with Crippen LogP contribution in [0.2, 0.25) is 0 Å². The van der Waals surface area contributed by atoms with Crippen LogP contribution in [0.5, 0.6) is 5.75 Å². The molecular weight excluding hydrogens is 198 g/mol. The number of hydrogen-bond donors (Lipinski definition) is 1. The van der Waals surface area contributed by atoms with Crippen LogP contribution in [0, 0.1) is 6.92 Å². The number of halogens is 1. The third-order valence-electron chi connectivity index (χ3n) is 2.02. The minimum Gasteiger partial charge on any atom is -0.496 e. The minimum atomic E-state index is 0. The summed E-state index contributed by atoms with van der Waals surface area (Å²) >= 11 is 0. The second-order valence-corrected chi connectivity index (χ2v) is 3.49. The van der Waals surface area contributed by atoms with Crippen molar-refractivity contribution in [3.8, 4) is 5.75 Å². The van der Waals surface area contributed by atoms with Crippen molar-refractivity contribution in [1.29, 1.82) is 0 Å². The summed E-state index contributed by atoms with van der Waals surface area (Å²) in [5, 5.41) is 0. The van der Waals surface area contributed by atoms with Crippen molar-refractivity contribution < 1.29 is 4.74 Å². The quantitative estimate of drug-likeness (QED) is 0.840. The summed E-state index contributed by atoms with van der Waals surface area (Å²) in [5.74, 6) is 0.938. The van der Waals surface area contributed by atoms with E-state index in [4.69, 9.17) is 10.5 Å². The molecule has 2 N–H and O–H groups in total. The van der Waals surface area contributed by atoms with Crippen LogP contribution in [0.3, 0.4) is 0 Å². The lowest BCUT2D eigenvalue weighted by atomic mass is 10.0. The van der Waals surface area contributed by atoms with Gasteiger partial charge in [0, 0.05) is 6.04 Å². The maximum Gasteiger partial charge on any atom is 0.121 e. The second-order valence-electron chi connectivity index (χ2n) is 3.49. The Hall–Kier alpha value is -0.730. The van der Waals surface area contributed by atoms with Gasteiger partial charge in [-0.1, -0.05) is 12.1 Å². The summed E-state index contributed by atoms with van der Waals surface area (Å²) in [4.78, 5) is 0. The molecule has 1 rings (SSSR count). The van der Waals surface area contributed by atoms with Crippen molar-refractivity contribution >= 4 is 12.4 Å². The maximum absolute atomic E-state index is 5.71. The van der Waals surface area contributed by atoms with Crippen LogP contribution in [-0.2, 0) is 6.42 Å². The van der Waals surface area contributed by atoms with Gasteiger partial charge in [-0.2, -0.15) is 0 Å². The Kier molecular flexibility index (Phi) is 5.58. The fourth-order valence-electron chi connectivity index (χ4n) is 1.44. The van der Waals surface area contributed by atoms with E-state index in [1.54, 1.807) is 7.11 Å². The molecule has 0 spiro atoms. The van der Waals surface area contributed by atoms with Crippen LogP contribution >= 0.6 is 12.4 Å². The first-order valence-corrected chi connectivity index (χ1v) is 4.52. The molecule has 0 aliphatic carbocycles. The van der Waals surface area contributed by atoms with Gasteiger partial charge in [-0.05, 0) is 37.5 Å². The highest BCUT2D eigenvalue weighted by molar-refractivity contribution is 5.85. The number of hydrogen-bond acceptors (Lipinski definition) is 2. The zero-order chi connectivity index (χ0) is 9.84. The van der Waals surface area contributed by atoms with Gasteiger partial charge in [-0.25, -0.2) is 0 Å². The van der Waals surface area contributed by atoms with E-state index in [0.717, 1.165) is 12.2 Å². The number of methoxy groups -OCH3 is 1. The van der Waals surface area contributed by atoms with Crippen LogP contribution < -0.4 is 10.5 Å². The van der Waals surface area contributed by atoms with Crippen molar-refractivity contribution in [1.82, 2.24) is 0 Å². The standard InChI is InChI=1S/C11H17NO.ClH/c1-8-6-10(7-9(2)12)4-5-11(8)13-3;/h4-6,9H,7,12H2,1-3H3;1H. The number of ether oxygens (including phenoxy) is 1. The highest BCUT2D eigenvalue weighted by Crippen LogP contribution is 2.18. The van der Waals surface area contributed by atoms with Crippen LogP contribution in [0.4, 0.5) is 0 Å². The first-order valence-electron chi connectivity index (χ1n) is 4.52. The molecule has 3 heteroatoms. The van der Waals surface area contributed by atoms with E-state index in [-0.39, 0.29) is 18.4 Å². The molecule has 0 saturated heterocycles. The summed E-state index contributed by atoms with van der Waals surface area (Å²) in [7, 11) is 1.69. The van der Waals surface area contributed by atoms with E-state index in [1.807, 2.05) is 19.9 Å². The van der Waals surface area contributed by atoms with Gasteiger partial charge in [0.2, 0.25) is 0 Å². The minimum absolute atomic E-state index is 0. The van der Waals surface area contributed by atoms with Crippen molar-refractivity contribution in [2.75, 3.05) is 7.11 Å². The van der Waals surface area contributed by atoms with E-state index < -0.39 is 0 Å². The highest BCUT2D eigenvalue weighted by atomic mass is 35.5. The molecule has 0 aliphatic heterocycles. The average Bonchev–Trinajstić information content (AvgIpc) is 2.03. The normalized spacial score (nSPS) is 11.7. The lowest BCUT2D eigenvalue weighted by molar-refractivity contribution is 0.411. The number of aryl methyl sites for hydroxylation is 1. The lowest BCUT2D eigenvalue weighted by Gasteiger charge is -2.08. The van der Waals surface area contributed by atoms with Crippen molar-refractivity contribution in [3.05, 3.63) is 29.3 Å². The van der Waals surface area contributed by atoms with Gasteiger partial charge >= 0.3 is 0 Å². The number of nitrogens with two attached hydrogens (primary N) is 1. The largest absolute Gasteiger partial charge is 0.496 e. The van der Waals surface area contributed by atoms with Crippen LogP contribution in [0.15, 0.2) is 18.2 Å². The Bertz CT molecular complexity index is 287. The van der Waals surface area contributed by atoms with Gasteiger partial charge in [-0.15, -0.1) is 12.4 Å². The van der Waals surface area contributed by atoms with Gasteiger partial charge in [0.15, 0.2) is 0 Å². The smallest absolute Gasteiger partial charge is 0.121 e. The first-order chi connectivity index (χ1) is 6.13. The molecule has 0 fully saturated rings. The van der Waals surface area contributed by atoms with Crippen molar-refractivity contribution in [2.45, 2.75) is 26.3 Å². The molecule has 80 valence electrons. The predicted molar refractivity (Wildman–Crippen MR) is 62.3 cm³/mol. The topological polar surface area (TPSA) is 35.2 Å². The molecule has 0 heterocycles. The van der Waals surface area contributed by atoms with E-state index in [1.165, 1.54) is 11.1 Å². The van der Waals surface area contributed by atoms with Gasteiger partial charge in [0.1, 0.15) is 5.75 Å². The Balaban J connectivity index is 0.00000169. The van der Waals surface area contributed by atoms with E-state index in [0.29, 0.717) is 0 Å². The fourth-order valence-corrected chi connectivity index (χ4v) is 1.44. The molecule has 1 aromatic rings. The monoisotopic (exact) mass is 215 g/mol. The van der Waals surface area contributed by atoms with E-state index in [2.05, 4.69) is 12.1 Å². The summed E-state index contributed by atoms with van der Waals surface area (Å²) in [5.41, 5.74) is 8.15. The summed E-state index contributed by atoms with van der Waals surface area (Å²) < 4.78 is 5.17. The van der Waals surface area contributed by atoms with Gasteiger partial charge in [0.05, 0.1) is 7.11 Å².